The Morgan fingerprint density at radius 1 is 1.22 bits per heavy atom. The Bertz CT molecular complexity index is 209. The normalized spacial score (nSPS) is 26.5. The smallest absolute Gasteiger partial charge is 0.0897 e. The summed E-state index contributed by atoms with van der Waals surface area (Å²) in [5, 5.41) is 13.1. The third kappa shape index (κ3) is 6.17. The lowest BCUT2D eigenvalue weighted by Gasteiger charge is -2.31. The Morgan fingerprint density at radius 3 is 2.61 bits per heavy atom. The number of aliphatic hydroxyl groups excluding tert-OH is 1. The van der Waals surface area contributed by atoms with Crippen LogP contribution in [0.3, 0.4) is 0 Å². The summed E-state index contributed by atoms with van der Waals surface area (Å²) >= 11 is 0. The van der Waals surface area contributed by atoms with Crippen LogP contribution in [0, 0.1) is 11.8 Å². The largest absolute Gasteiger partial charge is 0.389 e. The first-order valence-corrected chi connectivity index (χ1v) is 7.63. The first-order chi connectivity index (χ1) is 8.63. The minimum atomic E-state index is -0.372. The van der Waals surface area contributed by atoms with Crippen molar-refractivity contribution in [3.8, 4) is 0 Å². The topological polar surface area (TPSA) is 41.5 Å². The van der Waals surface area contributed by atoms with Crippen LogP contribution in [0.15, 0.2) is 0 Å². The van der Waals surface area contributed by atoms with E-state index >= 15 is 0 Å². The molecule has 1 aliphatic rings. The van der Waals surface area contributed by atoms with Crippen LogP contribution in [0.25, 0.3) is 0 Å². The third-order valence-corrected chi connectivity index (χ3v) is 3.80. The fourth-order valence-corrected chi connectivity index (χ4v) is 2.69. The average molecular weight is 257 g/mol. The first kappa shape index (κ1) is 15.9. The molecule has 0 amide bonds. The van der Waals surface area contributed by atoms with Gasteiger partial charge in [0.15, 0.2) is 0 Å². The highest BCUT2D eigenvalue weighted by atomic mass is 16.5. The second kappa shape index (κ2) is 8.89. The van der Waals surface area contributed by atoms with Gasteiger partial charge in [0.2, 0.25) is 0 Å². The van der Waals surface area contributed by atoms with E-state index in [0.29, 0.717) is 31.1 Å². The van der Waals surface area contributed by atoms with Crippen LogP contribution in [0.5, 0.6) is 0 Å². The third-order valence-electron chi connectivity index (χ3n) is 3.80. The van der Waals surface area contributed by atoms with E-state index < -0.39 is 0 Å². The highest BCUT2D eigenvalue weighted by molar-refractivity contribution is 4.75. The maximum Gasteiger partial charge on any atom is 0.0897 e. The van der Waals surface area contributed by atoms with Gasteiger partial charge in [-0.05, 0) is 31.2 Å². The van der Waals surface area contributed by atoms with Gasteiger partial charge in [-0.1, -0.05) is 40.0 Å². The van der Waals surface area contributed by atoms with E-state index in [1.165, 1.54) is 32.1 Å². The molecule has 3 nitrogen and oxygen atoms in total. The monoisotopic (exact) mass is 257 g/mol. The van der Waals surface area contributed by atoms with Gasteiger partial charge in [0.05, 0.1) is 18.8 Å². The van der Waals surface area contributed by atoms with Crippen molar-refractivity contribution >= 4 is 0 Å². The average Bonchev–Trinajstić information content (AvgIpc) is 2.36. The van der Waals surface area contributed by atoms with E-state index in [-0.39, 0.29) is 6.10 Å². The Hall–Kier alpha value is -0.120. The fourth-order valence-electron chi connectivity index (χ4n) is 2.69. The highest BCUT2D eigenvalue weighted by Crippen LogP contribution is 2.29. The maximum absolute atomic E-state index is 9.86. The van der Waals surface area contributed by atoms with Crippen LogP contribution in [0.1, 0.15) is 52.9 Å². The summed E-state index contributed by atoms with van der Waals surface area (Å²) in [5.41, 5.74) is 0. The van der Waals surface area contributed by atoms with Crippen LogP contribution in [0.4, 0.5) is 0 Å². The molecule has 0 spiro atoms. The molecule has 0 saturated heterocycles. The van der Waals surface area contributed by atoms with Gasteiger partial charge in [0, 0.05) is 6.54 Å². The summed E-state index contributed by atoms with van der Waals surface area (Å²) in [4.78, 5) is 0. The molecule has 18 heavy (non-hydrogen) atoms. The Kier molecular flexibility index (Phi) is 7.87. The molecular formula is C15H31NO2. The summed E-state index contributed by atoms with van der Waals surface area (Å²) in [6.07, 6.45) is 6.30. The summed E-state index contributed by atoms with van der Waals surface area (Å²) in [5.74, 6) is 1.33. The molecule has 108 valence electrons. The van der Waals surface area contributed by atoms with E-state index in [2.05, 4.69) is 26.1 Å². The molecule has 0 heterocycles. The number of ether oxygens (including phenoxy) is 1. The lowest BCUT2D eigenvalue weighted by molar-refractivity contribution is -0.0499. The van der Waals surface area contributed by atoms with Crippen molar-refractivity contribution in [3.63, 3.8) is 0 Å². The van der Waals surface area contributed by atoms with Crippen LogP contribution in [-0.4, -0.2) is 37.0 Å². The van der Waals surface area contributed by atoms with Crippen LogP contribution in [0.2, 0.25) is 0 Å². The minimum absolute atomic E-state index is 0.372. The molecule has 0 aromatic carbocycles. The van der Waals surface area contributed by atoms with Gasteiger partial charge >= 0.3 is 0 Å². The van der Waals surface area contributed by atoms with Crippen molar-refractivity contribution in [1.82, 2.24) is 5.32 Å². The number of hydrogen-bond acceptors (Lipinski definition) is 3. The lowest BCUT2D eigenvalue weighted by Crippen LogP contribution is -2.36. The predicted octanol–water partition coefficient (Wildman–Crippen LogP) is 2.58. The van der Waals surface area contributed by atoms with Gasteiger partial charge in [-0.2, -0.15) is 0 Å². The summed E-state index contributed by atoms with van der Waals surface area (Å²) < 4.78 is 5.92. The van der Waals surface area contributed by atoms with E-state index in [1.54, 1.807) is 0 Å². The lowest BCUT2D eigenvalue weighted by atomic mass is 9.85. The molecule has 0 bridgehead atoms. The molecule has 0 aliphatic heterocycles. The highest BCUT2D eigenvalue weighted by Gasteiger charge is 2.24. The van der Waals surface area contributed by atoms with Crippen molar-refractivity contribution in [3.05, 3.63) is 0 Å². The quantitative estimate of drug-likeness (QED) is 0.702. The molecule has 0 aromatic heterocycles. The zero-order valence-corrected chi connectivity index (χ0v) is 12.3. The molecule has 2 N–H and O–H groups in total. The minimum Gasteiger partial charge on any atom is -0.389 e. The van der Waals surface area contributed by atoms with Crippen LogP contribution in [-0.2, 0) is 4.74 Å². The second-order valence-electron chi connectivity index (χ2n) is 6.03. The Balaban J connectivity index is 2.14. The van der Waals surface area contributed by atoms with Crippen molar-refractivity contribution in [2.45, 2.75) is 65.1 Å². The van der Waals surface area contributed by atoms with E-state index in [9.17, 15) is 5.11 Å². The van der Waals surface area contributed by atoms with Gasteiger partial charge in [-0.3, -0.25) is 0 Å². The number of aliphatic hydroxyl groups is 1. The van der Waals surface area contributed by atoms with Gasteiger partial charge in [-0.15, -0.1) is 0 Å². The molecule has 0 unspecified atom stereocenters. The van der Waals surface area contributed by atoms with Gasteiger partial charge in [0.25, 0.3) is 0 Å². The second-order valence-corrected chi connectivity index (χ2v) is 6.03. The van der Waals surface area contributed by atoms with Crippen molar-refractivity contribution < 1.29 is 9.84 Å². The SMILES string of the molecule is CC[C@@H]1CCCC[C@@H]1OC[C@@H](O)CNCC(C)C. The summed E-state index contributed by atoms with van der Waals surface area (Å²) in [6, 6.07) is 0. The standard InChI is InChI=1S/C15H31NO2/c1-4-13-7-5-6-8-15(13)18-11-14(17)10-16-9-12(2)3/h12-17H,4-11H2,1-3H3/t13-,14+,15+/m1/s1. The fraction of sp³-hybridized carbons (Fsp3) is 1.00. The number of hydrogen-bond donors (Lipinski definition) is 2. The predicted molar refractivity (Wildman–Crippen MR) is 75.7 cm³/mol. The van der Waals surface area contributed by atoms with Crippen molar-refractivity contribution in [2.75, 3.05) is 19.7 Å². The Morgan fingerprint density at radius 2 is 1.94 bits per heavy atom. The summed E-state index contributed by atoms with van der Waals surface area (Å²) in [6.45, 7) is 8.66. The molecule has 1 rings (SSSR count). The Labute approximate surface area is 112 Å². The molecule has 1 saturated carbocycles. The van der Waals surface area contributed by atoms with Gasteiger partial charge in [-0.25, -0.2) is 0 Å². The first-order valence-electron chi connectivity index (χ1n) is 7.63. The van der Waals surface area contributed by atoms with Crippen LogP contribution >= 0.6 is 0 Å². The number of rotatable bonds is 8. The zero-order chi connectivity index (χ0) is 13.4. The molecule has 0 radical (unpaired) electrons. The van der Waals surface area contributed by atoms with E-state index in [1.807, 2.05) is 0 Å². The van der Waals surface area contributed by atoms with Crippen molar-refractivity contribution in [2.24, 2.45) is 11.8 Å². The molecule has 3 atom stereocenters. The molecule has 3 heteroatoms. The van der Waals surface area contributed by atoms with Gasteiger partial charge < -0.3 is 15.2 Å². The van der Waals surface area contributed by atoms with E-state index in [0.717, 1.165) is 6.54 Å². The van der Waals surface area contributed by atoms with Crippen molar-refractivity contribution in [1.29, 1.82) is 0 Å². The zero-order valence-electron chi connectivity index (χ0n) is 12.3. The summed E-state index contributed by atoms with van der Waals surface area (Å²) in [7, 11) is 0. The maximum atomic E-state index is 9.86. The van der Waals surface area contributed by atoms with E-state index in [4.69, 9.17) is 4.74 Å². The molecule has 1 aliphatic carbocycles. The molecular weight excluding hydrogens is 226 g/mol. The molecule has 0 aromatic rings. The van der Waals surface area contributed by atoms with Gasteiger partial charge in [0.1, 0.15) is 0 Å². The molecule has 1 fully saturated rings. The number of nitrogens with one attached hydrogen (secondary N) is 1. The van der Waals surface area contributed by atoms with Crippen LogP contribution < -0.4 is 5.32 Å².